The van der Waals surface area contributed by atoms with Crippen LogP contribution in [0.5, 0.6) is 5.75 Å². The Morgan fingerprint density at radius 1 is 1.10 bits per heavy atom. The summed E-state index contributed by atoms with van der Waals surface area (Å²) in [7, 11) is 0. The van der Waals surface area contributed by atoms with Gasteiger partial charge < -0.3 is 10.5 Å². The van der Waals surface area contributed by atoms with Gasteiger partial charge in [0.05, 0.1) is 11.3 Å². The molecule has 0 spiro atoms. The van der Waals surface area contributed by atoms with Crippen LogP contribution in [0.4, 0.5) is 19.0 Å². The molecular weight excluding hydrogens is 385 g/mol. The quantitative estimate of drug-likeness (QED) is 0.517. The Morgan fingerprint density at radius 3 is 2.66 bits per heavy atom. The van der Waals surface area contributed by atoms with Crippen molar-refractivity contribution in [2.75, 3.05) is 5.73 Å². The molecule has 0 unspecified atom stereocenters. The summed E-state index contributed by atoms with van der Waals surface area (Å²) < 4.78 is 48.5. The predicted octanol–water partition coefficient (Wildman–Crippen LogP) is 3.81. The highest BCUT2D eigenvalue weighted by molar-refractivity contribution is 5.83. The van der Waals surface area contributed by atoms with Gasteiger partial charge in [-0.3, -0.25) is 4.79 Å². The van der Waals surface area contributed by atoms with E-state index in [2.05, 4.69) is 10.1 Å². The average Bonchev–Trinajstić information content (AvgIpc) is 3.22. The number of nitrogens with zero attached hydrogens (tertiary/aromatic N) is 3. The number of anilines is 1. The van der Waals surface area contributed by atoms with Crippen LogP contribution in [0, 0.1) is 17.5 Å². The standard InChI is InChI=1S/C20H13F3N4O2/c21-14-5-11-6-18(20(24)26-19(11)16(23)7-14)29-10-13-4-12(9-28)15(22)8-17(13)27-3-1-2-25-27/h1-9H,10H2,(H2,24,26). The van der Waals surface area contributed by atoms with Crippen molar-refractivity contribution in [1.29, 1.82) is 0 Å². The molecule has 0 saturated carbocycles. The summed E-state index contributed by atoms with van der Waals surface area (Å²) in [5.74, 6) is -2.31. The van der Waals surface area contributed by atoms with Crippen molar-refractivity contribution in [3.63, 3.8) is 0 Å². The summed E-state index contributed by atoms with van der Waals surface area (Å²) in [6.07, 6.45) is 3.52. The summed E-state index contributed by atoms with van der Waals surface area (Å²) in [5, 5.41) is 4.24. The third-order valence-electron chi connectivity index (χ3n) is 4.29. The number of rotatable bonds is 5. The minimum Gasteiger partial charge on any atom is -0.485 e. The van der Waals surface area contributed by atoms with Crippen molar-refractivity contribution in [2.24, 2.45) is 0 Å². The van der Waals surface area contributed by atoms with Gasteiger partial charge in [-0.2, -0.15) is 5.10 Å². The first-order valence-corrected chi connectivity index (χ1v) is 8.42. The van der Waals surface area contributed by atoms with E-state index >= 15 is 0 Å². The minimum atomic E-state index is -0.839. The van der Waals surface area contributed by atoms with E-state index in [1.165, 1.54) is 29.1 Å². The minimum absolute atomic E-state index is 0.0847. The summed E-state index contributed by atoms with van der Waals surface area (Å²) >= 11 is 0. The number of aldehydes is 1. The van der Waals surface area contributed by atoms with E-state index in [-0.39, 0.29) is 34.6 Å². The molecule has 2 aromatic heterocycles. The second kappa shape index (κ2) is 7.27. The Morgan fingerprint density at radius 2 is 1.93 bits per heavy atom. The summed E-state index contributed by atoms with van der Waals surface area (Å²) in [6, 6.07) is 7.35. The van der Waals surface area contributed by atoms with Crippen LogP contribution in [0.2, 0.25) is 0 Å². The van der Waals surface area contributed by atoms with Crippen molar-refractivity contribution >= 4 is 23.0 Å². The molecule has 0 aliphatic carbocycles. The lowest BCUT2D eigenvalue weighted by molar-refractivity contribution is 0.111. The van der Waals surface area contributed by atoms with Crippen molar-refractivity contribution in [3.05, 3.63) is 77.4 Å². The molecule has 2 heterocycles. The molecule has 0 radical (unpaired) electrons. The number of benzene rings is 2. The molecule has 0 bridgehead atoms. The molecule has 0 aliphatic rings. The lowest BCUT2D eigenvalue weighted by atomic mass is 10.1. The highest BCUT2D eigenvalue weighted by Crippen LogP contribution is 2.29. The lowest BCUT2D eigenvalue weighted by Gasteiger charge is -2.14. The number of aromatic nitrogens is 3. The van der Waals surface area contributed by atoms with E-state index in [1.54, 1.807) is 12.3 Å². The van der Waals surface area contributed by atoms with Gasteiger partial charge in [-0.05, 0) is 24.3 Å². The van der Waals surface area contributed by atoms with Gasteiger partial charge >= 0.3 is 0 Å². The van der Waals surface area contributed by atoms with Gasteiger partial charge in [-0.15, -0.1) is 0 Å². The number of hydrogen-bond acceptors (Lipinski definition) is 5. The van der Waals surface area contributed by atoms with Gasteiger partial charge in [-0.1, -0.05) is 0 Å². The number of nitrogens with two attached hydrogens (primary N) is 1. The first-order valence-electron chi connectivity index (χ1n) is 8.42. The number of nitrogen functional groups attached to an aromatic ring is 1. The van der Waals surface area contributed by atoms with Gasteiger partial charge in [-0.25, -0.2) is 22.8 Å². The second-order valence-corrected chi connectivity index (χ2v) is 6.19. The normalized spacial score (nSPS) is 11.0. The van der Waals surface area contributed by atoms with Crippen LogP contribution >= 0.6 is 0 Å². The fourth-order valence-corrected chi connectivity index (χ4v) is 2.93. The Labute approximate surface area is 162 Å². The number of carbonyl (C=O) groups is 1. The molecule has 146 valence electrons. The molecule has 2 aromatic carbocycles. The molecule has 0 fully saturated rings. The third kappa shape index (κ3) is 3.49. The molecule has 0 aliphatic heterocycles. The van der Waals surface area contributed by atoms with Crippen LogP contribution in [0.3, 0.4) is 0 Å². The van der Waals surface area contributed by atoms with Gasteiger partial charge in [0.1, 0.15) is 23.8 Å². The maximum absolute atomic E-state index is 14.1. The van der Waals surface area contributed by atoms with Crippen LogP contribution in [0.15, 0.2) is 48.8 Å². The maximum atomic E-state index is 14.1. The second-order valence-electron chi connectivity index (χ2n) is 6.19. The highest BCUT2D eigenvalue weighted by atomic mass is 19.1. The number of ether oxygens (including phenoxy) is 1. The monoisotopic (exact) mass is 398 g/mol. The van der Waals surface area contributed by atoms with E-state index in [0.29, 0.717) is 23.6 Å². The Balaban J connectivity index is 1.72. The Hall–Kier alpha value is -3.88. The molecule has 9 heteroatoms. The van der Waals surface area contributed by atoms with Crippen molar-refractivity contribution in [3.8, 4) is 11.4 Å². The van der Waals surface area contributed by atoms with Gasteiger partial charge in [0.25, 0.3) is 0 Å². The van der Waals surface area contributed by atoms with Gasteiger partial charge in [0.15, 0.2) is 23.7 Å². The summed E-state index contributed by atoms with van der Waals surface area (Å²) in [5.41, 5.74) is 6.42. The van der Waals surface area contributed by atoms with Crippen LogP contribution in [-0.4, -0.2) is 21.1 Å². The molecule has 29 heavy (non-hydrogen) atoms. The molecule has 4 aromatic rings. The first kappa shape index (κ1) is 18.5. The first-order chi connectivity index (χ1) is 14.0. The Bertz CT molecular complexity index is 1230. The van der Waals surface area contributed by atoms with E-state index in [0.717, 1.165) is 6.07 Å². The molecule has 0 atom stereocenters. The van der Waals surface area contributed by atoms with E-state index in [1.807, 2.05) is 0 Å². The molecule has 0 amide bonds. The van der Waals surface area contributed by atoms with E-state index < -0.39 is 17.5 Å². The molecule has 0 saturated heterocycles. The summed E-state index contributed by atoms with van der Waals surface area (Å²) in [4.78, 5) is 15.0. The van der Waals surface area contributed by atoms with Crippen molar-refractivity contribution < 1.29 is 22.7 Å². The topological polar surface area (TPSA) is 83.0 Å². The zero-order valence-corrected chi connectivity index (χ0v) is 14.8. The highest BCUT2D eigenvalue weighted by Gasteiger charge is 2.15. The Kier molecular flexibility index (Phi) is 4.63. The summed E-state index contributed by atoms with van der Waals surface area (Å²) in [6.45, 7) is -0.120. The largest absolute Gasteiger partial charge is 0.485 e. The van der Waals surface area contributed by atoms with Crippen molar-refractivity contribution in [1.82, 2.24) is 14.8 Å². The molecular formula is C20H13F3N4O2. The average molecular weight is 398 g/mol. The smallest absolute Gasteiger partial charge is 0.166 e. The zero-order chi connectivity index (χ0) is 20.5. The molecule has 4 rings (SSSR count). The van der Waals surface area contributed by atoms with Crippen molar-refractivity contribution in [2.45, 2.75) is 6.61 Å². The SMILES string of the molecule is Nc1nc2c(F)cc(F)cc2cc1OCc1cc(C=O)c(F)cc1-n1cccn1. The van der Waals surface area contributed by atoms with E-state index in [9.17, 15) is 18.0 Å². The fourth-order valence-electron chi connectivity index (χ4n) is 2.93. The fraction of sp³-hybridized carbons (Fsp3) is 0.0500. The van der Waals surface area contributed by atoms with Crippen LogP contribution < -0.4 is 10.5 Å². The lowest BCUT2D eigenvalue weighted by Crippen LogP contribution is -2.08. The number of halogens is 3. The number of pyridine rings is 1. The number of hydrogen-bond donors (Lipinski definition) is 1. The number of carbonyl (C=O) groups excluding carboxylic acids is 1. The van der Waals surface area contributed by atoms with Crippen LogP contribution in [0.25, 0.3) is 16.6 Å². The van der Waals surface area contributed by atoms with Gasteiger partial charge in [0.2, 0.25) is 0 Å². The predicted molar refractivity (Wildman–Crippen MR) is 99.3 cm³/mol. The molecule has 6 nitrogen and oxygen atoms in total. The van der Waals surface area contributed by atoms with E-state index in [4.69, 9.17) is 10.5 Å². The zero-order valence-electron chi connectivity index (χ0n) is 14.8. The van der Waals surface area contributed by atoms with Crippen LogP contribution in [-0.2, 0) is 6.61 Å². The number of fused-ring (bicyclic) bond motifs is 1. The third-order valence-corrected chi connectivity index (χ3v) is 4.29. The molecule has 2 N–H and O–H groups in total. The van der Waals surface area contributed by atoms with Crippen LogP contribution in [0.1, 0.15) is 15.9 Å². The van der Waals surface area contributed by atoms with Gasteiger partial charge in [0, 0.05) is 35.5 Å². The maximum Gasteiger partial charge on any atom is 0.166 e.